The van der Waals surface area contributed by atoms with Gasteiger partial charge in [0.05, 0.1) is 25.4 Å². The molecule has 98 valence electrons. The molecular weight excluding hydrogens is 242 g/mol. The van der Waals surface area contributed by atoms with Crippen molar-refractivity contribution in [2.45, 2.75) is 32.0 Å². The van der Waals surface area contributed by atoms with Crippen LogP contribution in [0.25, 0.3) is 0 Å². The van der Waals surface area contributed by atoms with Crippen molar-refractivity contribution in [1.29, 1.82) is 10.5 Å². The van der Waals surface area contributed by atoms with Gasteiger partial charge in [-0.2, -0.15) is 10.5 Å². The summed E-state index contributed by atoms with van der Waals surface area (Å²) in [6.07, 6.45) is -0.0593. The van der Waals surface area contributed by atoms with Crippen molar-refractivity contribution in [3.8, 4) is 12.1 Å². The van der Waals surface area contributed by atoms with Crippen molar-refractivity contribution < 1.29 is 9.47 Å². The topological polar surface area (TPSA) is 78.9 Å². The molecule has 0 aromatic carbocycles. The summed E-state index contributed by atoms with van der Waals surface area (Å²) in [5.74, 6) is -0.00954. The molecule has 1 saturated heterocycles. The van der Waals surface area contributed by atoms with E-state index in [1.807, 2.05) is 26.0 Å². The highest BCUT2D eigenvalue weighted by Crippen LogP contribution is 2.30. The molecule has 0 saturated carbocycles. The van der Waals surface area contributed by atoms with Crippen molar-refractivity contribution in [3.63, 3.8) is 0 Å². The summed E-state index contributed by atoms with van der Waals surface area (Å²) < 4.78 is 11.4. The largest absolute Gasteiger partial charge is 0.375 e. The molecular formula is C14H15N3O2. The molecule has 1 aliphatic rings. The standard InChI is InChI=1S/C14H15N3O2/c1-9-14(10(2)19-4-3-18-9)11-5-12(7-15)17-13(6-11)8-16/h5-6,9-10,14H,3-4H2,1-2H3. The molecule has 1 fully saturated rings. The molecule has 2 atom stereocenters. The Morgan fingerprint density at radius 2 is 1.53 bits per heavy atom. The van der Waals surface area contributed by atoms with Crippen LogP contribution in [0.3, 0.4) is 0 Å². The predicted molar refractivity (Wildman–Crippen MR) is 67.2 cm³/mol. The van der Waals surface area contributed by atoms with Crippen LogP contribution in [0.5, 0.6) is 0 Å². The maximum Gasteiger partial charge on any atom is 0.142 e. The molecule has 2 rings (SSSR count). The van der Waals surface area contributed by atoms with Gasteiger partial charge in [0, 0.05) is 5.92 Å². The van der Waals surface area contributed by atoms with Crippen LogP contribution in [0.2, 0.25) is 0 Å². The minimum absolute atomic E-state index is 0.00954. The zero-order chi connectivity index (χ0) is 13.8. The van der Waals surface area contributed by atoms with Gasteiger partial charge in [-0.1, -0.05) is 0 Å². The summed E-state index contributed by atoms with van der Waals surface area (Å²) in [6, 6.07) is 7.38. The van der Waals surface area contributed by atoms with E-state index in [1.54, 1.807) is 12.1 Å². The fraction of sp³-hybridized carbons (Fsp3) is 0.500. The minimum atomic E-state index is -0.0296. The van der Waals surface area contributed by atoms with Crippen LogP contribution in [0.15, 0.2) is 12.1 Å². The van der Waals surface area contributed by atoms with Gasteiger partial charge in [0.15, 0.2) is 0 Å². The number of nitrogens with zero attached hydrogens (tertiary/aromatic N) is 3. The average Bonchev–Trinajstić information content (AvgIpc) is 2.59. The summed E-state index contributed by atoms with van der Waals surface area (Å²) in [5, 5.41) is 18.0. The first-order chi connectivity index (χ1) is 9.15. The molecule has 0 N–H and O–H groups in total. The quantitative estimate of drug-likeness (QED) is 0.765. The Morgan fingerprint density at radius 1 is 1.05 bits per heavy atom. The monoisotopic (exact) mass is 257 g/mol. The van der Waals surface area contributed by atoms with Crippen molar-refractivity contribution >= 4 is 0 Å². The molecule has 2 unspecified atom stereocenters. The number of rotatable bonds is 1. The second kappa shape index (κ2) is 5.79. The molecule has 1 aromatic rings. The lowest BCUT2D eigenvalue weighted by atomic mass is 9.89. The molecule has 19 heavy (non-hydrogen) atoms. The van der Waals surface area contributed by atoms with E-state index in [2.05, 4.69) is 4.98 Å². The Balaban J connectivity index is 2.44. The van der Waals surface area contributed by atoms with E-state index in [0.29, 0.717) is 13.2 Å². The lowest BCUT2D eigenvalue weighted by Gasteiger charge is -2.26. The van der Waals surface area contributed by atoms with Gasteiger partial charge < -0.3 is 9.47 Å². The van der Waals surface area contributed by atoms with Crippen LogP contribution >= 0.6 is 0 Å². The van der Waals surface area contributed by atoms with Crippen molar-refractivity contribution in [1.82, 2.24) is 4.98 Å². The molecule has 1 aromatic heterocycles. The lowest BCUT2D eigenvalue weighted by Crippen LogP contribution is -2.27. The SMILES string of the molecule is CC1OCCOC(C)C1c1cc(C#N)nc(C#N)c1. The molecule has 0 spiro atoms. The smallest absolute Gasteiger partial charge is 0.142 e. The normalized spacial score (nSPS) is 27.1. The number of ether oxygens (including phenoxy) is 2. The zero-order valence-electron chi connectivity index (χ0n) is 11.0. The minimum Gasteiger partial charge on any atom is -0.375 e. The van der Waals surface area contributed by atoms with E-state index in [1.165, 1.54) is 0 Å². The average molecular weight is 257 g/mol. The van der Waals surface area contributed by atoms with Gasteiger partial charge in [0.2, 0.25) is 0 Å². The summed E-state index contributed by atoms with van der Waals surface area (Å²) in [5.41, 5.74) is 1.36. The van der Waals surface area contributed by atoms with Crippen molar-refractivity contribution in [2.75, 3.05) is 13.2 Å². The fourth-order valence-corrected chi connectivity index (χ4v) is 2.46. The van der Waals surface area contributed by atoms with Gasteiger partial charge >= 0.3 is 0 Å². The van der Waals surface area contributed by atoms with Gasteiger partial charge in [-0.25, -0.2) is 4.98 Å². The van der Waals surface area contributed by atoms with Crippen molar-refractivity contribution in [3.05, 3.63) is 29.1 Å². The molecule has 5 heteroatoms. The highest BCUT2D eigenvalue weighted by Gasteiger charge is 2.30. The van der Waals surface area contributed by atoms with E-state index < -0.39 is 0 Å². The number of hydrogen-bond acceptors (Lipinski definition) is 5. The fourth-order valence-electron chi connectivity index (χ4n) is 2.46. The third-order valence-electron chi connectivity index (χ3n) is 3.32. The molecule has 1 aliphatic heterocycles. The summed E-state index contributed by atoms with van der Waals surface area (Å²) in [6.45, 7) is 5.08. The first-order valence-electron chi connectivity index (χ1n) is 6.21. The number of aromatic nitrogens is 1. The molecule has 0 amide bonds. The highest BCUT2D eigenvalue weighted by atomic mass is 16.5. The van der Waals surface area contributed by atoms with Crippen LogP contribution < -0.4 is 0 Å². The lowest BCUT2D eigenvalue weighted by molar-refractivity contribution is 0.0557. The summed E-state index contributed by atoms with van der Waals surface area (Å²) in [7, 11) is 0. The van der Waals surface area contributed by atoms with Crippen LogP contribution in [-0.4, -0.2) is 30.4 Å². The van der Waals surface area contributed by atoms with E-state index in [4.69, 9.17) is 20.0 Å². The number of nitriles is 2. The molecule has 0 radical (unpaired) electrons. The molecule has 0 bridgehead atoms. The third-order valence-corrected chi connectivity index (χ3v) is 3.32. The summed E-state index contributed by atoms with van der Waals surface area (Å²) >= 11 is 0. The Bertz CT molecular complexity index is 500. The first kappa shape index (κ1) is 13.5. The first-order valence-corrected chi connectivity index (χ1v) is 6.21. The Kier molecular flexibility index (Phi) is 4.11. The zero-order valence-corrected chi connectivity index (χ0v) is 11.0. The Hall–Kier alpha value is -1.95. The van der Waals surface area contributed by atoms with E-state index in [9.17, 15) is 0 Å². The predicted octanol–water partition coefficient (Wildman–Crippen LogP) is 1.73. The van der Waals surface area contributed by atoms with Gasteiger partial charge in [0.1, 0.15) is 23.5 Å². The van der Waals surface area contributed by atoms with Gasteiger partial charge in [-0.3, -0.25) is 0 Å². The number of pyridine rings is 1. The summed E-state index contributed by atoms with van der Waals surface area (Å²) in [4.78, 5) is 3.93. The van der Waals surface area contributed by atoms with Crippen LogP contribution in [-0.2, 0) is 9.47 Å². The van der Waals surface area contributed by atoms with Gasteiger partial charge in [-0.15, -0.1) is 0 Å². The van der Waals surface area contributed by atoms with Crippen molar-refractivity contribution in [2.24, 2.45) is 0 Å². The van der Waals surface area contributed by atoms with Gasteiger partial charge in [0.25, 0.3) is 0 Å². The maximum atomic E-state index is 8.98. The van der Waals surface area contributed by atoms with Crippen LogP contribution in [0.1, 0.15) is 36.7 Å². The molecule has 2 heterocycles. The Labute approximate surface area is 112 Å². The van der Waals surface area contributed by atoms with E-state index in [-0.39, 0.29) is 29.5 Å². The highest BCUT2D eigenvalue weighted by molar-refractivity contribution is 5.36. The van der Waals surface area contributed by atoms with Crippen LogP contribution in [0, 0.1) is 22.7 Å². The molecule has 5 nitrogen and oxygen atoms in total. The maximum absolute atomic E-state index is 8.98. The third kappa shape index (κ3) is 2.90. The van der Waals surface area contributed by atoms with E-state index >= 15 is 0 Å². The van der Waals surface area contributed by atoms with E-state index in [0.717, 1.165) is 5.56 Å². The van der Waals surface area contributed by atoms with Crippen LogP contribution in [0.4, 0.5) is 0 Å². The second-order valence-electron chi connectivity index (χ2n) is 4.57. The van der Waals surface area contributed by atoms with Gasteiger partial charge in [-0.05, 0) is 31.5 Å². The number of hydrogen-bond donors (Lipinski definition) is 0. The second-order valence-corrected chi connectivity index (χ2v) is 4.57. The Morgan fingerprint density at radius 3 is 1.95 bits per heavy atom. The molecule has 0 aliphatic carbocycles.